The number of hydrogen-bond donors (Lipinski definition) is 0. The summed E-state index contributed by atoms with van der Waals surface area (Å²) in [6, 6.07) is 19.6. The molecule has 0 atom stereocenters. The fourth-order valence-corrected chi connectivity index (χ4v) is 4.52. The van der Waals surface area contributed by atoms with Crippen LogP contribution in [-0.4, -0.2) is 29.8 Å². The van der Waals surface area contributed by atoms with Crippen LogP contribution >= 0.6 is 0 Å². The highest BCUT2D eigenvalue weighted by atomic mass is 16.3. The van der Waals surface area contributed by atoms with E-state index in [9.17, 15) is 4.79 Å². The largest absolute Gasteiger partial charge is 0.461 e. The second-order valence-corrected chi connectivity index (χ2v) is 10.4. The van der Waals surface area contributed by atoms with Crippen LogP contribution in [0.25, 0.3) is 22.2 Å². The molecule has 1 aliphatic carbocycles. The van der Waals surface area contributed by atoms with Crippen molar-refractivity contribution in [3.8, 4) is 11.3 Å². The van der Waals surface area contributed by atoms with Gasteiger partial charge in [0.15, 0.2) is 5.78 Å². The Morgan fingerprint density at radius 1 is 0.846 bits per heavy atom. The highest BCUT2D eigenvalue weighted by molar-refractivity contribution is 5.96. The number of rotatable bonds is 3. The Morgan fingerprint density at radius 3 is 1.90 bits per heavy atom. The van der Waals surface area contributed by atoms with E-state index in [2.05, 4.69) is 23.8 Å². The number of fused-ring (bicyclic) bond motifs is 1. The van der Waals surface area contributed by atoms with E-state index >= 15 is 0 Å². The molecule has 1 aliphatic rings. The molecule has 0 spiro atoms. The Hall–Kier alpha value is -3.47. The number of benzene rings is 2. The lowest BCUT2D eigenvalue weighted by molar-refractivity contribution is 0.101. The third-order valence-electron chi connectivity index (χ3n) is 6.78. The molecule has 0 saturated heterocycles. The number of aromatic nitrogens is 2. The summed E-state index contributed by atoms with van der Waals surface area (Å²) >= 11 is 0. The van der Waals surface area contributed by atoms with E-state index in [1.54, 1.807) is 13.0 Å². The first kappa shape index (κ1) is 31.7. The summed E-state index contributed by atoms with van der Waals surface area (Å²) in [5, 5.41) is 1.10. The van der Waals surface area contributed by atoms with Crippen molar-refractivity contribution in [3.05, 3.63) is 77.8 Å². The maximum atomic E-state index is 11.3. The number of aryl methyl sites for hydroxylation is 2. The third kappa shape index (κ3) is 9.65. The van der Waals surface area contributed by atoms with Crippen LogP contribution in [0.15, 0.2) is 65.1 Å². The van der Waals surface area contributed by atoms with Gasteiger partial charge in [-0.15, -0.1) is 0 Å². The van der Waals surface area contributed by atoms with Gasteiger partial charge in [-0.2, -0.15) is 0 Å². The number of ketones is 1. The standard InChI is InChI=1S/C13H12O2.C11H13N3.C8H16.C2H6/c1-9(14)12-8-13(15-10(12)2)11-6-4-3-5-7-11;1-8-12-10-7-5-4-6-9(10)11(13-8)14(2)3;1-7-3-5-8(2)6-4-7;1-2/h3-8H,1-2H3;4-7H,1-3H3;7-8H,3-6H2,1-2H3;1-2H3. The Morgan fingerprint density at radius 2 is 1.38 bits per heavy atom. The Balaban J connectivity index is 0.000000207. The van der Waals surface area contributed by atoms with Crippen molar-refractivity contribution < 1.29 is 9.21 Å². The fourth-order valence-electron chi connectivity index (χ4n) is 4.52. The molecule has 0 radical (unpaired) electrons. The van der Waals surface area contributed by atoms with E-state index < -0.39 is 0 Å². The molecule has 2 aromatic heterocycles. The first-order valence-corrected chi connectivity index (χ1v) is 14.2. The molecule has 1 saturated carbocycles. The van der Waals surface area contributed by atoms with E-state index in [-0.39, 0.29) is 5.78 Å². The van der Waals surface area contributed by atoms with Crippen molar-refractivity contribution >= 4 is 22.5 Å². The number of furan rings is 1. The second-order valence-electron chi connectivity index (χ2n) is 10.4. The SMILES string of the molecule is CC.CC(=O)c1cc(-c2ccccc2)oc1C.CC1CCC(C)CC1.Cc1nc(N(C)C)c2ccccc2n1. The van der Waals surface area contributed by atoms with Crippen LogP contribution in [0.1, 0.15) is 82.2 Å². The minimum Gasteiger partial charge on any atom is -0.461 e. The average Bonchev–Trinajstić information content (AvgIpc) is 3.34. The molecule has 1 fully saturated rings. The van der Waals surface area contributed by atoms with Crippen LogP contribution < -0.4 is 4.90 Å². The summed E-state index contributed by atoms with van der Waals surface area (Å²) in [5.74, 6) is 5.30. The van der Waals surface area contributed by atoms with Gasteiger partial charge in [0, 0.05) is 25.0 Å². The van der Waals surface area contributed by atoms with Crippen LogP contribution in [0.4, 0.5) is 5.82 Å². The zero-order chi connectivity index (χ0) is 28.9. The molecule has 5 heteroatoms. The summed E-state index contributed by atoms with van der Waals surface area (Å²) in [4.78, 5) is 22.1. The highest BCUT2D eigenvalue weighted by Gasteiger charge is 2.13. The fraction of sp³-hybridized carbons (Fsp3) is 0.441. The third-order valence-corrected chi connectivity index (χ3v) is 6.78. The molecule has 0 aliphatic heterocycles. The van der Waals surface area contributed by atoms with Gasteiger partial charge in [-0.1, -0.05) is 95.8 Å². The van der Waals surface area contributed by atoms with Crippen LogP contribution in [-0.2, 0) is 0 Å². The topological polar surface area (TPSA) is 59.2 Å². The average molecular weight is 530 g/mol. The molecule has 0 unspecified atom stereocenters. The van der Waals surface area contributed by atoms with E-state index in [0.717, 1.165) is 45.7 Å². The summed E-state index contributed by atoms with van der Waals surface area (Å²) in [6.07, 6.45) is 5.89. The molecule has 2 aromatic carbocycles. The Kier molecular flexibility index (Phi) is 12.9. The van der Waals surface area contributed by atoms with Gasteiger partial charge in [0.25, 0.3) is 0 Å². The lowest BCUT2D eigenvalue weighted by atomic mass is 9.84. The molecule has 5 nitrogen and oxygen atoms in total. The van der Waals surface area contributed by atoms with Crippen LogP contribution in [0.2, 0.25) is 0 Å². The number of hydrogen-bond acceptors (Lipinski definition) is 5. The summed E-state index contributed by atoms with van der Waals surface area (Å²) in [7, 11) is 3.99. The van der Waals surface area contributed by atoms with Crippen molar-refractivity contribution in [1.82, 2.24) is 9.97 Å². The number of carbonyl (C=O) groups excluding carboxylic acids is 1. The predicted molar refractivity (Wildman–Crippen MR) is 166 cm³/mol. The van der Waals surface area contributed by atoms with E-state index in [1.165, 1.54) is 25.7 Å². The molecule has 39 heavy (non-hydrogen) atoms. The maximum Gasteiger partial charge on any atom is 0.163 e. The highest BCUT2D eigenvalue weighted by Crippen LogP contribution is 2.27. The van der Waals surface area contributed by atoms with E-state index in [1.807, 2.05) is 101 Å². The van der Waals surface area contributed by atoms with Gasteiger partial charge in [-0.3, -0.25) is 4.79 Å². The van der Waals surface area contributed by atoms with E-state index in [0.29, 0.717) is 11.3 Å². The van der Waals surface area contributed by atoms with Gasteiger partial charge in [0.1, 0.15) is 23.2 Å². The Bertz CT molecular complexity index is 1280. The van der Waals surface area contributed by atoms with Gasteiger partial charge in [0.2, 0.25) is 0 Å². The van der Waals surface area contributed by atoms with Crippen molar-refractivity contribution in [1.29, 1.82) is 0 Å². The van der Waals surface area contributed by atoms with Crippen molar-refractivity contribution in [2.24, 2.45) is 11.8 Å². The number of para-hydroxylation sites is 1. The quantitative estimate of drug-likeness (QED) is 0.247. The number of Topliss-reactive ketones (excluding diaryl/α,β-unsaturated/α-hetero) is 1. The normalized spacial score (nSPS) is 16.0. The monoisotopic (exact) mass is 529 g/mol. The van der Waals surface area contributed by atoms with Gasteiger partial charge >= 0.3 is 0 Å². The molecule has 0 amide bonds. The molecule has 4 aromatic rings. The molecular weight excluding hydrogens is 482 g/mol. The maximum absolute atomic E-state index is 11.3. The summed E-state index contributed by atoms with van der Waals surface area (Å²) in [5.41, 5.74) is 2.66. The number of anilines is 1. The molecule has 210 valence electrons. The van der Waals surface area contributed by atoms with Crippen LogP contribution in [0.3, 0.4) is 0 Å². The lowest BCUT2D eigenvalue weighted by Crippen LogP contribution is -2.12. The molecule has 0 N–H and O–H groups in total. The molecule has 2 heterocycles. The zero-order valence-corrected chi connectivity index (χ0v) is 25.4. The van der Waals surface area contributed by atoms with Crippen LogP contribution in [0.5, 0.6) is 0 Å². The van der Waals surface area contributed by atoms with E-state index in [4.69, 9.17) is 4.42 Å². The predicted octanol–water partition coefficient (Wildman–Crippen LogP) is 9.32. The minimum absolute atomic E-state index is 0.0402. The zero-order valence-electron chi connectivity index (χ0n) is 25.4. The molecular formula is C34H47N3O2. The minimum atomic E-state index is 0.0402. The summed E-state index contributed by atoms with van der Waals surface area (Å²) in [6.45, 7) is 14.0. The Labute approximate surface area is 235 Å². The number of carbonyl (C=O) groups is 1. The lowest BCUT2D eigenvalue weighted by Gasteiger charge is -2.22. The molecule has 5 rings (SSSR count). The number of nitrogens with zero attached hydrogens (tertiary/aromatic N) is 3. The van der Waals surface area contributed by atoms with Crippen molar-refractivity contribution in [2.45, 2.75) is 74.1 Å². The first-order valence-electron chi connectivity index (χ1n) is 14.2. The summed E-state index contributed by atoms with van der Waals surface area (Å²) < 4.78 is 5.54. The second kappa shape index (κ2) is 15.8. The van der Waals surface area contributed by atoms with Gasteiger partial charge in [0.05, 0.1) is 11.1 Å². The van der Waals surface area contributed by atoms with Gasteiger partial charge in [-0.25, -0.2) is 9.97 Å². The van der Waals surface area contributed by atoms with Crippen molar-refractivity contribution in [2.75, 3.05) is 19.0 Å². The first-order chi connectivity index (χ1) is 18.7. The van der Waals surface area contributed by atoms with Gasteiger partial charge in [-0.05, 0) is 50.8 Å². The molecule has 0 bridgehead atoms. The smallest absolute Gasteiger partial charge is 0.163 e. The van der Waals surface area contributed by atoms with Gasteiger partial charge < -0.3 is 9.32 Å². The van der Waals surface area contributed by atoms with Crippen LogP contribution in [0, 0.1) is 25.7 Å². The van der Waals surface area contributed by atoms with Crippen molar-refractivity contribution in [3.63, 3.8) is 0 Å².